The first kappa shape index (κ1) is 16.7. The van der Waals surface area contributed by atoms with Gasteiger partial charge in [0.25, 0.3) is 0 Å². The molecule has 0 spiro atoms. The Morgan fingerprint density at radius 2 is 1.86 bits per heavy atom. The summed E-state index contributed by atoms with van der Waals surface area (Å²) in [6, 6.07) is 2.06. The predicted octanol–water partition coefficient (Wildman–Crippen LogP) is 1.82. The van der Waals surface area contributed by atoms with E-state index < -0.39 is 10.0 Å². The lowest BCUT2D eigenvalue weighted by molar-refractivity contribution is 0.198. The Morgan fingerprint density at radius 1 is 1.10 bits per heavy atom. The molecule has 21 heavy (non-hydrogen) atoms. The molecule has 2 rings (SSSR count). The number of piperidine rings is 1. The molecule has 5 nitrogen and oxygen atoms in total. The zero-order valence-electron chi connectivity index (χ0n) is 12.8. The van der Waals surface area contributed by atoms with Crippen molar-refractivity contribution in [2.45, 2.75) is 44.9 Å². The first-order valence-electron chi connectivity index (χ1n) is 8.19. The second-order valence-corrected chi connectivity index (χ2v) is 8.39. The van der Waals surface area contributed by atoms with E-state index in [1.54, 1.807) is 4.31 Å². The SMILES string of the molecule is N#CCCCCS(=O)(=O)N1CC[C@@H](CN2CCCCC2)C1. The zero-order chi connectivity index (χ0) is 15.1. The van der Waals surface area contributed by atoms with Crippen LogP contribution in [0.4, 0.5) is 0 Å². The lowest BCUT2D eigenvalue weighted by Crippen LogP contribution is -2.36. The van der Waals surface area contributed by atoms with Crippen molar-refractivity contribution >= 4 is 10.0 Å². The Bertz CT molecular complexity index is 452. The summed E-state index contributed by atoms with van der Waals surface area (Å²) >= 11 is 0. The lowest BCUT2D eigenvalue weighted by atomic mass is 10.1. The van der Waals surface area contributed by atoms with Gasteiger partial charge in [0.2, 0.25) is 10.0 Å². The van der Waals surface area contributed by atoms with Crippen LogP contribution in [0.25, 0.3) is 0 Å². The van der Waals surface area contributed by atoms with E-state index in [-0.39, 0.29) is 5.75 Å². The average molecular weight is 313 g/mol. The molecular formula is C15H27N3O2S. The van der Waals surface area contributed by atoms with E-state index in [1.165, 1.54) is 32.4 Å². The summed E-state index contributed by atoms with van der Waals surface area (Å²) in [5, 5.41) is 8.48. The highest BCUT2D eigenvalue weighted by Gasteiger charge is 2.31. The van der Waals surface area contributed by atoms with E-state index in [0.29, 0.717) is 38.3 Å². The summed E-state index contributed by atoms with van der Waals surface area (Å²) in [6.07, 6.45) is 6.64. The molecule has 0 N–H and O–H groups in total. The van der Waals surface area contributed by atoms with Gasteiger partial charge in [-0.25, -0.2) is 12.7 Å². The molecule has 1 atom stereocenters. The van der Waals surface area contributed by atoms with Crippen molar-refractivity contribution in [3.05, 3.63) is 0 Å². The first-order chi connectivity index (χ1) is 10.1. The normalized spacial score (nSPS) is 25.0. The van der Waals surface area contributed by atoms with Gasteiger partial charge < -0.3 is 4.90 Å². The Kier molecular flexibility index (Phi) is 6.46. The van der Waals surface area contributed by atoms with Crippen molar-refractivity contribution in [2.75, 3.05) is 38.5 Å². The third-order valence-corrected chi connectivity index (χ3v) is 6.47. The highest BCUT2D eigenvalue weighted by atomic mass is 32.2. The summed E-state index contributed by atoms with van der Waals surface area (Å²) < 4.78 is 26.2. The quantitative estimate of drug-likeness (QED) is 0.673. The van der Waals surface area contributed by atoms with Gasteiger partial charge in [-0.3, -0.25) is 0 Å². The van der Waals surface area contributed by atoms with E-state index in [1.807, 2.05) is 0 Å². The molecule has 0 saturated carbocycles. The largest absolute Gasteiger partial charge is 0.303 e. The average Bonchev–Trinajstić information content (AvgIpc) is 2.94. The number of hydrogen-bond donors (Lipinski definition) is 0. The lowest BCUT2D eigenvalue weighted by Gasteiger charge is -2.28. The molecular weight excluding hydrogens is 286 g/mol. The molecule has 2 heterocycles. The van der Waals surface area contributed by atoms with Gasteiger partial charge in [0.1, 0.15) is 0 Å². The van der Waals surface area contributed by atoms with E-state index in [2.05, 4.69) is 11.0 Å². The molecule has 0 aromatic heterocycles. The second kappa shape index (κ2) is 8.11. The van der Waals surface area contributed by atoms with Gasteiger partial charge in [-0.15, -0.1) is 0 Å². The number of nitriles is 1. The van der Waals surface area contributed by atoms with Crippen LogP contribution in [-0.2, 0) is 10.0 Å². The minimum absolute atomic E-state index is 0.200. The topological polar surface area (TPSA) is 64.4 Å². The van der Waals surface area contributed by atoms with E-state index in [9.17, 15) is 8.42 Å². The molecule has 0 amide bonds. The standard InChI is InChI=1S/C15H27N3O2S/c16-8-3-1-6-12-21(19,20)18-11-7-15(14-18)13-17-9-4-2-5-10-17/h15H,1-7,9-14H2/t15-/m0/s1. The maximum Gasteiger partial charge on any atom is 0.214 e. The second-order valence-electron chi connectivity index (χ2n) is 6.31. The fourth-order valence-corrected chi connectivity index (χ4v) is 4.97. The van der Waals surface area contributed by atoms with Gasteiger partial charge in [-0.2, -0.15) is 5.26 Å². The minimum atomic E-state index is -3.11. The fourth-order valence-electron chi connectivity index (χ4n) is 3.32. The molecule has 2 fully saturated rings. The number of nitrogens with zero attached hydrogens (tertiary/aromatic N) is 3. The highest BCUT2D eigenvalue weighted by Crippen LogP contribution is 2.22. The third kappa shape index (κ3) is 5.24. The molecule has 120 valence electrons. The van der Waals surface area contributed by atoms with Gasteiger partial charge in [0.05, 0.1) is 11.8 Å². The van der Waals surface area contributed by atoms with Gasteiger partial charge in [0.15, 0.2) is 0 Å². The van der Waals surface area contributed by atoms with Gasteiger partial charge in [-0.1, -0.05) is 6.42 Å². The van der Waals surface area contributed by atoms with Crippen molar-refractivity contribution in [2.24, 2.45) is 5.92 Å². The van der Waals surface area contributed by atoms with Crippen LogP contribution in [0.2, 0.25) is 0 Å². The number of rotatable bonds is 7. The third-order valence-electron chi connectivity index (χ3n) is 4.55. The van der Waals surface area contributed by atoms with E-state index in [0.717, 1.165) is 13.0 Å². The number of unbranched alkanes of at least 4 members (excludes halogenated alkanes) is 2. The molecule has 0 bridgehead atoms. The van der Waals surface area contributed by atoms with Gasteiger partial charge in [0, 0.05) is 26.1 Å². The summed E-state index contributed by atoms with van der Waals surface area (Å²) in [5.74, 6) is 0.697. The zero-order valence-corrected chi connectivity index (χ0v) is 13.7. The number of likely N-dealkylation sites (tertiary alicyclic amines) is 1. The summed E-state index contributed by atoms with van der Waals surface area (Å²) in [4.78, 5) is 2.50. The molecule has 6 heteroatoms. The molecule has 2 saturated heterocycles. The van der Waals surface area contributed by atoms with Crippen LogP contribution in [0.15, 0.2) is 0 Å². The van der Waals surface area contributed by atoms with Crippen molar-refractivity contribution in [3.8, 4) is 6.07 Å². The maximum atomic E-state index is 12.3. The molecule has 0 aromatic rings. The molecule has 2 aliphatic heterocycles. The smallest absolute Gasteiger partial charge is 0.214 e. The summed E-state index contributed by atoms with van der Waals surface area (Å²) in [7, 11) is -3.11. The molecule has 0 unspecified atom stereocenters. The van der Waals surface area contributed by atoms with Crippen LogP contribution < -0.4 is 0 Å². The van der Waals surface area contributed by atoms with Gasteiger partial charge >= 0.3 is 0 Å². The number of sulfonamides is 1. The van der Waals surface area contributed by atoms with Crippen molar-refractivity contribution in [1.82, 2.24) is 9.21 Å². The van der Waals surface area contributed by atoms with Crippen LogP contribution in [-0.4, -0.2) is 56.1 Å². The fraction of sp³-hybridized carbons (Fsp3) is 0.933. The summed E-state index contributed by atoms with van der Waals surface area (Å²) in [5.41, 5.74) is 0. The van der Waals surface area contributed by atoms with E-state index >= 15 is 0 Å². The highest BCUT2D eigenvalue weighted by molar-refractivity contribution is 7.89. The Hall–Kier alpha value is -0.640. The Balaban J connectivity index is 1.74. The molecule has 0 radical (unpaired) electrons. The minimum Gasteiger partial charge on any atom is -0.303 e. The maximum absolute atomic E-state index is 12.3. The van der Waals surface area contributed by atoms with Gasteiger partial charge in [-0.05, 0) is 51.1 Å². The van der Waals surface area contributed by atoms with Crippen LogP contribution in [0.3, 0.4) is 0 Å². The first-order valence-corrected chi connectivity index (χ1v) is 9.80. The summed E-state index contributed by atoms with van der Waals surface area (Å²) in [6.45, 7) is 4.78. The van der Waals surface area contributed by atoms with Crippen LogP contribution in [0.5, 0.6) is 0 Å². The molecule has 0 aromatic carbocycles. The van der Waals surface area contributed by atoms with Crippen molar-refractivity contribution in [3.63, 3.8) is 0 Å². The molecule has 2 aliphatic rings. The monoisotopic (exact) mass is 313 g/mol. The van der Waals surface area contributed by atoms with Crippen LogP contribution in [0, 0.1) is 17.2 Å². The van der Waals surface area contributed by atoms with Crippen molar-refractivity contribution in [1.29, 1.82) is 5.26 Å². The number of hydrogen-bond acceptors (Lipinski definition) is 4. The van der Waals surface area contributed by atoms with Crippen molar-refractivity contribution < 1.29 is 8.42 Å². The van der Waals surface area contributed by atoms with Crippen LogP contribution in [0.1, 0.15) is 44.9 Å². The van der Waals surface area contributed by atoms with E-state index in [4.69, 9.17) is 5.26 Å². The Morgan fingerprint density at radius 3 is 2.57 bits per heavy atom. The Labute approximate surface area is 129 Å². The van der Waals surface area contributed by atoms with Crippen LogP contribution >= 0.6 is 0 Å². The molecule has 0 aliphatic carbocycles. The predicted molar refractivity (Wildman–Crippen MR) is 83.2 cm³/mol.